The number of ether oxygens (including phenoxy) is 2. The molecular weight excluding hydrogens is 420 g/mol. The van der Waals surface area contributed by atoms with E-state index in [1.807, 2.05) is 19.9 Å². The van der Waals surface area contributed by atoms with Crippen LogP contribution in [0.1, 0.15) is 32.4 Å². The first kappa shape index (κ1) is 23.2. The first-order chi connectivity index (χ1) is 14.9. The molecule has 1 aromatic carbocycles. The average molecular weight is 449 g/mol. The molecule has 0 radical (unpaired) electrons. The zero-order valence-corrected chi connectivity index (χ0v) is 18.7. The van der Waals surface area contributed by atoms with Gasteiger partial charge in [-0.25, -0.2) is 0 Å². The van der Waals surface area contributed by atoms with E-state index in [9.17, 15) is 9.59 Å². The van der Waals surface area contributed by atoms with Crippen LogP contribution in [-0.2, 0) is 20.9 Å². The molecule has 1 aromatic heterocycles. The Bertz CT molecular complexity index is 832. The monoisotopic (exact) mass is 448 g/mol. The number of nitrogens with zero attached hydrogens (tertiary/aromatic N) is 2. The molecule has 1 saturated heterocycles. The Morgan fingerprint density at radius 3 is 2.58 bits per heavy atom. The summed E-state index contributed by atoms with van der Waals surface area (Å²) >= 11 is 5.88. The molecule has 0 spiro atoms. The minimum atomic E-state index is -0.256. The number of amides is 2. The number of benzene rings is 1. The van der Waals surface area contributed by atoms with Crippen LogP contribution in [-0.4, -0.2) is 60.1 Å². The molecule has 2 amide bonds. The number of rotatable bonds is 10. The third-order valence-electron chi connectivity index (χ3n) is 5.15. The maximum absolute atomic E-state index is 13.2. The highest BCUT2D eigenvalue weighted by atomic mass is 35.5. The molecule has 1 atom stereocenters. The Balaban J connectivity index is 1.62. The van der Waals surface area contributed by atoms with E-state index in [1.165, 1.54) is 4.90 Å². The van der Waals surface area contributed by atoms with Gasteiger partial charge in [-0.3, -0.25) is 9.59 Å². The van der Waals surface area contributed by atoms with Gasteiger partial charge >= 0.3 is 0 Å². The summed E-state index contributed by atoms with van der Waals surface area (Å²) in [6.07, 6.45) is 3.51. The van der Waals surface area contributed by atoms with Crippen molar-refractivity contribution in [3.63, 3.8) is 0 Å². The van der Waals surface area contributed by atoms with Crippen LogP contribution >= 0.6 is 11.6 Å². The van der Waals surface area contributed by atoms with Crippen LogP contribution in [0.15, 0.2) is 47.1 Å². The summed E-state index contributed by atoms with van der Waals surface area (Å²) in [7, 11) is 0. The summed E-state index contributed by atoms with van der Waals surface area (Å²) in [4.78, 5) is 29.2. The van der Waals surface area contributed by atoms with Crippen molar-refractivity contribution in [3.8, 4) is 5.75 Å². The van der Waals surface area contributed by atoms with E-state index in [0.29, 0.717) is 36.2 Å². The van der Waals surface area contributed by atoms with Crippen molar-refractivity contribution in [1.29, 1.82) is 0 Å². The first-order valence-corrected chi connectivity index (χ1v) is 10.9. The van der Waals surface area contributed by atoms with Crippen LogP contribution in [0.3, 0.4) is 0 Å². The van der Waals surface area contributed by atoms with Gasteiger partial charge < -0.3 is 23.7 Å². The van der Waals surface area contributed by atoms with Gasteiger partial charge in [0.25, 0.3) is 5.91 Å². The maximum atomic E-state index is 13.2. The summed E-state index contributed by atoms with van der Waals surface area (Å²) < 4.78 is 16.7. The topological polar surface area (TPSA) is 72.2 Å². The Hall–Kier alpha value is -2.51. The normalized spacial score (nSPS) is 15.8. The molecule has 3 rings (SSSR count). The lowest BCUT2D eigenvalue weighted by Crippen LogP contribution is -2.48. The minimum absolute atomic E-state index is 0.00958. The third-order valence-corrected chi connectivity index (χ3v) is 5.40. The molecular formula is C23H29ClN2O5. The fraction of sp³-hybridized carbons (Fsp3) is 0.478. The van der Waals surface area contributed by atoms with Crippen LogP contribution in [0.2, 0.25) is 5.02 Å². The lowest BCUT2D eigenvalue weighted by Gasteiger charge is -2.30. The maximum Gasteiger partial charge on any atom is 0.261 e. The Labute approximate surface area is 187 Å². The molecule has 2 aromatic rings. The summed E-state index contributed by atoms with van der Waals surface area (Å²) in [5, 5.41) is 0.593. The zero-order valence-electron chi connectivity index (χ0n) is 18.0. The van der Waals surface area contributed by atoms with Crippen LogP contribution in [0.5, 0.6) is 5.75 Å². The van der Waals surface area contributed by atoms with Crippen LogP contribution < -0.4 is 4.74 Å². The molecule has 0 aliphatic carbocycles. The van der Waals surface area contributed by atoms with Gasteiger partial charge in [-0.1, -0.05) is 11.6 Å². The van der Waals surface area contributed by atoms with Gasteiger partial charge in [0.2, 0.25) is 5.91 Å². The van der Waals surface area contributed by atoms with Gasteiger partial charge in [0.05, 0.1) is 18.9 Å². The van der Waals surface area contributed by atoms with E-state index < -0.39 is 0 Å². The van der Waals surface area contributed by atoms with E-state index in [4.69, 9.17) is 25.5 Å². The summed E-state index contributed by atoms with van der Waals surface area (Å²) in [6, 6.07) is 10.3. The van der Waals surface area contributed by atoms with E-state index in [2.05, 4.69) is 0 Å². The highest BCUT2D eigenvalue weighted by molar-refractivity contribution is 6.30. The van der Waals surface area contributed by atoms with Crippen molar-refractivity contribution in [2.45, 2.75) is 45.4 Å². The highest BCUT2D eigenvalue weighted by Crippen LogP contribution is 2.17. The van der Waals surface area contributed by atoms with E-state index in [-0.39, 0.29) is 37.1 Å². The SMILES string of the molecule is CC(C)N(CC(=O)N(Cc1ccco1)CC1CCCO1)C(=O)COc1ccc(Cl)cc1. The first-order valence-electron chi connectivity index (χ1n) is 10.5. The van der Waals surface area contributed by atoms with Crippen LogP contribution in [0.25, 0.3) is 0 Å². The van der Waals surface area contributed by atoms with E-state index >= 15 is 0 Å². The van der Waals surface area contributed by atoms with Crippen molar-refractivity contribution in [1.82, 2.24) is 9.80 Å². The molecule has 1 unspecified atom stereocenters. The van der Waals surface area contributed by atoms with Gasteiger partial charge in [-0.05, 0) is 63.1 Å². The minimum Gasteiger partial charge on any atom is -0.484 e. The second kappa shape index (κ2) is 11.2. The van der Waals surface area contributed by atoms with Gasteiger partial charge in [0.1, 0.15) is 18.1 Å². The van der Waals surface area contributed by atoms with Gasteiger partial charge in [0.15, 0.2) is 6.61 Å². The molecule has 8 heteroatoms. The Kier molecular flexibility index (Phi) is 8.37. The highest BCUT2D eigenvalue weighted by Gasteiger charge is 2.27. The largest absolute Gasteiger partial charge is 0.484 e. The van der Waals surface area contributed by atoms with Crippen LogP contribution in [0, 0.1) is 0 Å². The molecule has 1 aliphatic heterocycles. The summed E-state index contributed by atoms with van der Waals surface area (Å²) in [5.74, 6) is 0.833. The smallest absolute Gasteiger partial charge is 0.261 e. The van der Waals surface area contributed by atoms with E-state index in [0.717, 1.165) is 12.8 Å². The second-order valence-corrected chi connectivity index (χ2v) is 8.28. The Morgan fingerprint density at radius 2 is 1.97 bits per heavy atom. The molecule has 168 valence electrons. The molecule has 2 heterocycles. The molecule has 0 saturated carbocycles. The standard InChI is InChI=1S/C23H29ClN2O5/c1-17(2)26(23(28)16-31-19-9-7-18(24)8-10-19)15-22(27)25(13-20-5-3-11-29-20)14-21-6-4-12-30-21/h3,5,7-11,17,21H,4,6,12-16H2,1-2H3. The van der Waals surface area contributed by atoms with Gasteiger partial charge in [0, 0.05) is 24.2 Å². The number of furan rings is 1. The fourth-order valence-electron chi connectivity index (χ4n) is 3.44. The molecule has 7 nitrogen and oxygen atoms in total. The lowest BCUT2D eigenvalue weighted by molar-refractivity contribution is -0.144. The van der Waals surface area contributed by atoms with Gasteiger partial charge in [-0.2, -0.15) is 0 Å². The fourth-order valence-corrected chi connectivity index (χ4v) is 3.57. The quantitative estimate of drug-likeness (QED) is 0.553. The predicted molar refractivity (Wildman–Crippen MR) is 117 cm³/mol. The average Bonchev–Trinajstić information content (AvgIpc) is 3.45. The van der Waals surface area contributed by atoms with Gasteiger partial charge in [-0.15, -0.1) is 0 Å². The Morgan fingerprint density at radius 1 is 1.19 bits per heavy atom. The zero-order chi connectivity index (χ0) is 22.2. The van der Waals surface area contributed by atoms with Crippen molar-refractivity contribution in [2.75, 3.05) is 26.3 Å². The second-order valence-electron chi connectivity index (χ2n) is 7.85. The van der Waals surface area contributed by atoms with Crippen LogP contribution in [0.4, 0.5) is 0 Å². The number of hydrogen-bond donors (Lipinski definition) is 0. The van der Waals surface area contributed by atoms with E-state index in [1.54, 1.807) is 41.5 Å². The predicted octanol–water partition coefficient (Wildman–Crippen LogP) is 3.76. The molecule has 0 bridgehead atoms. The molecule has 0 N–H and O–H groups in total. The lowest BCUT2D eigenvalue weighted by atomic mass is 10.2. The molecule has 1 fully saturated rings. The molecule has 1 aliphatic rings. The van der Waals surface area contributed by atoms with Crippen molar-refractivity contribution in [3.05, 3.63) is 53.4 Å². The number of hydrogen-bond acceptors (Lipinski definition) is 5. The number of carbonyl (C=O) groups excluding carboxylic acids is 2. The van der Waals surface area contributed by atoms with Crippen molar-refractivity contribution >= 4 is 23.4 Å². The van der Waals surface area contributed by atoms with Crippen molar-refractivity contribution in [2.24, 2.45) is 0 Å². The number of halogens is 1. The summed E-state index contributed by atoms with van der Waals surface area (Å²) in [5.41, 5.74) is 0. The molecule has 31 heavy (non-hydrogen) atoms. The third kappa shape index (κ3) is 7.01. The number of carbonyl (C=O) groups is 2. The van der Waals surface area contributed by atoms with Crippen molar-refractivity contribution < 1.29 is 23.5 Å². The summed E-state index contributed by atoms with van der Waals surface area (Å²) in [6.45, 7) is 5.10.